The number of rotatable bonds is 4. The first kappa shape index (κ1) is 17.5. The molecule has 1 atom stereocenters. The fourth-order valence-electron chi connectivity index (χ4n) is 2.97. The molecular formula is C17H23ClN4O. The van der Waals surface area contributed by atoms with Gasteiger partial charge >= 0.3 is 0 Å². The number of benzene rings is 1. The summed E-state index contributed by atoms with van der Waals surface area (Å²) in [6.07, 6.45) is 1.40. The molecule has 0 spiro atoms. The lowest BCUT2D eigenvalue weighted by atomic mass is 10.1. The zero-order valence-corrected chi connectivity index (χ0v) is 14.3. The van der Waals surface area contributed by atoms with Gasteiger partial charge in [0, 0.05) is 23.8 Å². The molecule has 5 nitrogen and oxygen atoms in total. The van der Waals surface area contributed by atoms with Crippen LogP contribution in [0.3, 0.4) is 0 Å². The minimum absolute atomic E-state index is 0. The van der Waals surface area contributed by atoms with Crippen molar-refractivity contribution in [2.24, 2.45) is 0 Å². The summed E-state index contributed by atoms with van der Waals surface area (Å²) in [5.41, 5.74) is 3.99. The topological polar surface area (TPSA) is 59.0 Å². The minimum Gasteiger partial charge on any atom is -0.352 e. The Morgan fingerprint density at radius 3 is 2.74 bits per heavy atom. The van der Waals surface area contributed by atoms with Gasteiger partial charge in [-0.05, 0) is 38.9 Å². The van der Waals surface area contributed by atoms with Crippen LogP contribution in [0.15, 0.2) is 30.3 Å². The highest BCUT2D eigenvalue weighted by Crippen LogP contribution is 2.18. The van der Waals surface area contributed by atoms with E-state index in [0.717, 1.165) is 42.1 Å². The molecule has 3 rings (SSSR count). The number of amides is 1. The van der Waals surface area contributed by atoms with Crippen molar-refractivity contribution in [3.8, 4) is 5.69 Å². The predicted molar refractivity (Wildman–Crippen MR) is 93.4 cm³/mol. The Morgan fingerprint density at radius 1 is 1.35 bits per heavy atom. The molecule has 1 unspecified atom stereocenters. The lowest BCUT2D eigenvalue weighted by molar-refractivity contribution is -0.121. The zero-order chi connectivity index (χ0) is 15.5. The molecule has 0 bridgehead atoms. The van der Waals surface area contributed by atoms with Crippen LogP contribution in [0.4, 0.5) is 0 Å². The van der Waals surface area contributed by atoms with Crippen LogP contribution in [0.25, 0.3) is 5.69 Å². The van der Waals surface area contributed by atoms with Crippen molar-refractivity contribution in [3.63, 3.8) is 0 Å². The van der Waals surface area contributed by atoms with Gasteiger partial charge in [0.15, 0.2) is 0 Å². The number of aromatic nitrogens is 2. The number of aryl methyl sites for hydroxylation is 1. The number of carbonyl (C=O) groups is 1. The average molecular weight is 335 g/mol. The number of para-hydroxylation sites is 1. The van der Waals surface area contributed by atoms with Crippen LogP contribution in [-0.2, 0) is 11.2 Å². The highest BCUT2D eigenvalue weighted by Gasteiger charge is 2.20. The summed E-state index contributed by atoms with van der Waals surface area (Å²) in [5.74, 6) is 0.0764. The Labute approximate surface area is 142 Å². The van der Waals surface area contributed by atoms with Crippen LogP contribution in [0, 0.1) is 13.8 Å². The van der Waals surface area contributed by atoms with E-state index in [0.29, 0.717) is 6.42 Å². The molecule has 0 radical (unpaired) electrons. The number of halogens is 1. The maximum atomic E-state index is 12.2. The molecule has 2 heterocycles. The Kier molecular flexibility index (Phi) is 5.80. The molecule has 1 fully saturated rings. The van der Waals surface area contributed by atoms with E-state index in [1.165, 1.54) is 0 Å². The lowest BCUT2D eigenvalue weighted by Gasteiger charge is -2.11. The summed E-state index contributed by atoms with van der Waals surface area (Å²) in [5, 5.41) is 10.9. The second-order valence-electron chi connectivity index (χ2n) is 5.83. The van der Waals surface area contributed by atoms with E-state index in [1.807, 2.05) is 48.9 Å². The molecule has 0 aliphatic carbocycles. The van der Waals surface area contributed by atoms with Crippen molar-refractivity contribution >= 4 is 18.3 Å². The third-order valence-electron chi connectivity index (χ3n) is 4.20. The molecule has 1 amide bonds. The molecule has 6 heteroatoms. The monoisotopic (exact) mass is 334 g/mol. The number of nitrogens with zero attached hydrogens (tertiary/aromatic N) is 2. The van der Waals surface area contributed by atoms with E-state index in [9.17, 15) is 4.79 Å². The Bertz CT molecular complexity index is 663. The molecular weight excluding hydrogens is 312 g/mol. The first-order valence-electron chi connectivity index (χ1n) is 7.76. The number of nitrogens with one attached hydrogen (secondary N) is 2. The van der Waals surface area contributed by atoms with Crippen LogP contribution in [-0.4, -0.2) is 34.8 Å². The van der Waals surface area contributed by atoms with Crippen LogP contribution in [0.2, 0.25) is 0 Å². The van der Waals surface area contributed by atoms with Crippen molar-refractivity contribution < 1.29 is 4.79 Å². The smallest absolute Gasteiger partial charge is 0.224 e. The van der Waals surface area contributed by atoms with Crippen LogP contribution < -0.4 is 10.6 Å². The normalized spacial score (nSPS) is 16.9. The number of carbonyl (C=O) groups excluding carboxylic acids is 1. The predicted octanol–water partition coefficient (Wildman–Crippen LogP) is 1.93. The third-order valence-corrected chi connectivity index (χ3v) is 4.20. The van der Waals surface area contributed by atoms with Gasteiger partial charge in [0.1, 0.15) is 0 Å². The maximum absolute atomic E-state index is 12.2. The van der Waals surface area contributed by atoms with Crippen molar-refractivity contribution in [2.45, 2.75) is 32.7 Å². The summed E-state index contributed by atoms with van der Waals surface area (Å²) < 4.78 is 1.91. The first-order valence-corrected chi connectivity index (χ1v) is 7.76. The third kappa shape index (κ3) is 3.92. The Hall–Kier alpha value is -1.85. The molecule has 1 aromatic carbocycles. The molecule has 1 saturated heterocycles. The van der Waals surface area contributed by atoms with Gasteiger partial charge in [-0.15, -0.1) is 12.4 Å². The SMILES string of the molecule is Cc1nn(-c2ccccc2)c(C)c1CC(=O)NC1CCNC1.Cl. The first-order chi connectivity index (χ1) is 10.6. The standard InChI is InChI=1S/C17H22N4O.ClH/c1-12-16(10-17(22)19-14-8-9-18-11-14)13(2)21(20-12)15-6-4-3-5-7-15;/h3-7,14,18H,8-11H2,1-2H3,(H,19,22);1H. The van der Waals surface area contributed by atoms with E-state index in [4.69, 9.17) is 0 Å². The average Bonchev–Trinajstić information content (AvgIpc) is 3.11. The zero-order valence-electron chi connectivity index (χ0n) is 13.5. The highest BCUT2D eigenvalue weighted by atomic mass is 35.5. The van der Waals surface area contributed by atoms with E-state index in [-0.39, 0.29) is 24.4 Å². The molecule has 1 aliphatic rings. The second-order valence-corrected chi connectivity index (χ2v) is 5.83. The quantitative estimate of drug-likeness (QED) is 0.898. The number of hydrogen-bond donors (Lipinski definition) is 2. The minimum atomic E-state index is 0. The van der Waals surface area contributed by atoms with Gasteiger partial charge in [-0.2, -0.15) is 5.10 Å². The van der Waals surface area contributed by atoms with E-state index in [2.05, 4.69) is 15.7 Å². The summed E-state index contributed by atoms with van der Waals surface area (Å²) in [6, 6.07) is 10.3. The van der Waals surface area contributed by atoms with Gasteiger partial charge in [-0.25, -0.2) is 4.68 Å². The fourth-order valence-corrected chi connectivity index (χ4v) is 2.97. The van der Waals surface area contributed by atoms with Gasteiger partial charge < -0.3 is 10.6 Å². The largest absolute Gasteiger partial charge is 0.352 e. The van der Waals surface area contributed by atoms with Crippen LogP contribution in [0.5, 0.6) is 0 Å². The van der Waals surface area contributed by atoms with Crippen molar-refractivity contribution in [3.05, 3.63) is 47.3 Å². The highest BCUT2D eigenvalue weighted by molar-refractivity contribution is 5.85. The summed E-state index contributed by atoms with van der Waals surface area (Å²) in [4.78, 5) is 12.2. The summed E-state index contributed by atoms with van der Waals surface area (Å²) in [7, 11) is 0. The van der Waals surface area contributed by atoms with Crippen LogP contribution >= 0.6 is 12.4 Å². The van der Waals surface area contributed by atoms with Gasteiger partial charge in [0.05, 0.1) is 17.8 Å². The second kappa shape index (κ2) is 7.62. The van der Waals surface area contributed by atoms with Gasteiger partial charge in [0.25, 0.3) is 0 Å². The molecule has 2 aromatic rings. The van der Waals surface area contributed by atoms with Crippen LogP contribution in [0.1, 0.15) is 23.4 Å². The molecule has 2 N–H and O–H groups in total. The molecule has 1 aliphatic heterocycles. The van der Waals surface area contributed by atoms with Gasteiger partial charge in [-0.3, -0.25) is 4.79 Å². The van der Waals surface area contributed by atoms with E-state index < -0.39 is 0 Å². The maximum Gasteiger partial charge on any atom is 0.224 e. The summed E-state index contributed by atoms with van der Waals surface area (Å²) >= 11 is 0. The lowest BCUT2D eigenvalue weighted by Crippen LogP contribution is -2.37. The van der Waals surface area contributed by atoms with E-state index >= 15 is 0 Å². The Morgan fingerprint density at radius 2 is 2.09 bits per heavy atom. The molecule has 23 heavy (non-hydrogen) atoms. The van der Waals surface area contributed by atoms with E-state index in [1.54, 1.807) is 0 Å². The fraction of sp³-hybridized carbons (Fsp3) is 0.412. The summed E-state index contributed by atoms with van der Waals surface area (Å²) in [6.45, 7) is 5.83. The molecule has 124 valence electrons. The molecule has 0 saturated carbocycles. The number of hydrogen-bond acceptors (Lipinski definition) is 3. The van der Waals surface area contributed by atoms with Crippen molar-refractivity contribution in [1.82, 2.24) is 20.4 Å². The van der Waals surface area contributed by atoms with Crippen molar-refractivity contribution in [2.75, 3.05) is 13.1 Å². The Balaban J connectivity index is 0.00000192. The molecule has 1 aromatic heterocycles. The van der Waals surface area contributed by atoms with Gasteiger partial charge in [0.2, 0.25) is 5.91 Å². The van der Waals surface area contributed by atoms with Gasteiger partial charge in [-0.1, -0.05) is 18.2 Å². The van der Waals surface area contributed by atoms with Crippen molar-refractivity contribution in [1.29, 1.82) is 0 Å².